The molecule has 0 aliphatic carbocycles. The quantitative estimate of drug-likeness (QED) is 0.637. The minimum atomic E-state index is 0.0119. The van der Waals surface area contributed by atoms with E-state index in [0.717, 1.165) is 5.52 Å². The summed E-state index contributed by atoms with van der Waals surface area (Å²) >= 11 is 1.42. The highest BCUT2D eigenvalue weighted by molar-refractivity contribution is 7.99. The van der Waals surface area contributed by atoms with Crippen molar-refractivity contribution in [3.63, 3.8) is 0 Å². The van der Waals surface area contributed by atoms with Gasteiger partial charge in [0.25, 0.3) is 5.22 Å². The number of fused-ring (bicyclic) bond motifs is 1. The molecule has 2 aromatic rings. The molecule has 0 saturated heterocycles. The Bertz CT molecular complexity index is 538. The van der Waals surface area contributed by atoms with Gasteiger partial charge in [0, 0.05) is 31.0 Å². The second kappa shape index (κ2) is 5.09. The molecule has 0 unspecified atom stereocenters. The van der Waals surface area contributed by atoms with E-state index in [4.69, 9.17) is 10.2 Å². The van der Waals surface area contributed by atoms with E-state index in [-0.39, 0.29) is 5.91 Å². The first-order valence-electron chi connectivity index (χ1n) is 5.18. The van der Waals surface area contributed by atoms with Crippen molar-refractivity contribution in [2.75, 3.05) is 18.5 Å². The van der Waals surface area contributed by atoms with Gasteiger partial charge in [-0.1, -0.05) is 11.8 Å². The number of thioether (sulfide) groups is 1. The molecule has 0 radical (unpaired) electrons. The fraction of sp³-hybridized carbons (Fsp3) is 0.273. The van der Waals surface area contributed by atoms with Crippen molar-refractivity contribution in [3.05, 3.63) is 18.2 Å². The van der Waals surface area contributed by atoms with Gasteiger partial charge < -0.3 is 15.5 Å². The van der Waals surface area contributed by atoms with E-state index >= 15 is 0 Å². The number of nitrogens with one attached hydrogen (secondary N) is 1. The molecule has 0 aliphatic rings. The Kier molecular flexibility index (Phi) is 3.53. The molecule has 0 saturated carbocycles. The number of nitrogen functional groups attached to an aromatic ring is 1. The first-order valence-corrected chi connectivity index (χ1v) is 6.17. The van der Waals surface area contributed by atoms with Gasteiger partial charge in [0.1, 0.15) is 5.52 Å². The topological polar surface area (TPSA) is 81.2 Å². The van der Waals surface area contributed by atoms with Crippen LogP contribution in [0.25, 0.3) is 11.1 Å². The largest absolute Gasteiger partial charge is 0.431 e. The van der Waals surface area contributed by atoms with E-state index in [0.29, 0.717) is 28.7 Å². The normalized spacial score (nSPS) is 10.6. The monoisotopic (exact) mass is 251 g/mol. The fourth-order valence-corrected chi connectivity index (χ4v) is 2.11. The van der Waals surface area contributed by atoms with Crippen molar-refractivity contribution >= 4 is 34.5 Å². The average molecular weight is 251 g/mol. The lowest BCUT2D eigenvalue weighted by Crippen LogP contribution is -2.17. The zero-order valence-electron chi connectivity index (χ0n) is 9.40. The van der Waals surface area contributed by atoms with Crippen LogP contribution in [0, 0.1) is 0 Å². The van der Waals surface area contributed by atoms with Crippen molar-refractivity contribution in [3.8, 4) is 0 Å². The highest BCUT2D eigenvalue weighted by atomic mass is 32.2. The number of benzene rings is 1. The summed E-state index contributed by atoms with van der Waals surface area (Å²) in [5.74, 6) is 0.653. The van der Waals surface area contributed by atoms with Crippen LogP contribution in [0.15, 0.2) is 27.8 Å². The fourth-order valence-electron chi connectivity index (χ4n) is 1.34. The predicted octanol–water partition coefficient (Wildman–Crippen LogP) is 1.64. The van der Waals surface area contributed by atoms with Crippen LogP contribution in [0.1, 0.15) is 6.42 Å². The van der Waals surface area contributed by atoms with Gasteiger partial charge in [-0.2, -0.15) is 0 Å². The first-order chi connectivity index (χ1) is 8.19. The second-order valence-corrected chi connectivity index (χ2v) is 4.52. The summed E-state index contributed by atoms with van der Waals surface area (Å²) in [7, 11) is 1.62. The molecule has 0 fully saturated rings. The van der Waals surface area contributed by atoms with Crippen molar-refractivity contribution in [1.29, 1.82) is 0 Å². The maximum absolute atomic E-state index is 11.0. The van der Waals surface area contributed by atoms with Crippen LogP contribution in [0.3, 0.4) is 0 Å². The number of carbonyl (C=O) groups excluding carboxylic acids is 1. The van der Waals surface area contributed by atoms with E-state index in [1.807, 2.05) is 6.07 Å². The molecule has 0 bridgehead atoms. The number of nitrogens with two attached hydrogens (primary N) is 1. The lowest BCUT2D eigenvalue weighted by atomic mass is 10.3. The highest BCUT2D eigenvalue weighted by Crippen LogP contribution is 2.25. The molecule has 1 amide bonds. The number of hydrogen-bond acceptors (Lipinski definition) is 5. The van der Waals surface area contributed by atoms with E-state index in [1.54, 1.807) is 19.2 Å². The Labute approximate surface area is 103 Å². The zero-order chi connectivity index (χ0) is 12.3. The summed E-state index contributed by atoms with van der Waals surface area (Å²) in [5, 5.41) is 3.13. The number of oxazole rings is 1. The van der Waals surface area contributed by atoms with Crippen molar-refractivity contribution in [1.82, 2.24) is 10.3 Å². The summed E-state index contributed by atoms with van der Waals surface area (Å²) in [6.45, 7) is 0. The molecule has 90 valence electrons. The van der Waals surface area contributed by atoms with Crippen LogP contribution >= 0.6 is 11.8 Å². The predicted molar refractivity (Wildman–Crippen MR) is 67.8 cm³/mol. The zero-order valence-corrected chi connectivity index (χ0v) is 10.2. The summed E-state index contributed by atoms with van der Waals surface area (Å²) in [4.78, 5) is 15.3. The van der Waals surface area contributed by atoms with E-state index in [2.05, 4.69) is 10.3 Å². The molecule has 6 heteroatoms. The lowest BCUT2D eigenvalue weighted by Gasteiger charge is -1.96. The molecule has 3 N–H and O–H groups in total. The highest BCUT2D eigenvalue weighted by Gasteiger charge is 2.07. The second-order valence-electron chi connectivity index (χ2n) is 3.48. The molecule has 0 spiro atoms. The first kappa shape index (κ1) is 11.8. The van der Waals surface area contributed by atoms with Crippen LogP contribution in [-0.2, 0) is 4.79 Å². The average Bonchev–Trinajstić information content (AvgIpc) is 2.70. The van der Waals surface area contributed by atoms with Crippen molar-refractivity contribution in [2.24, 2.45) is 0 Å². The summed E-state index contributed by atoms with van der Waals surface area (Å²) < 4.78 is 5.50. The van der Waals surface area contributed by atoms with Crippen LogP contribution in [0.4, 0.5) is 5.69 Å². The van der Waals surface area contributed by atoms with Crippen molar-refractivity contribution in [2.45, 2.75) is 11.6 Å². The number of rotatable bonds is 4. The Morgan fingerprint density at radius 2 is 2.41 bits per heavy atom. The summed E-state index contributed by atoms with van der Waals surface area (Å²) in [5.41, 5.74) is 7.75. The van der Waals surface area contributed by atoms with Crippen LogP contribution in [0.2, 0.25) is 0 Å². The van der Waals surface area contributed by atoms with Gasteiger partial charge in [0.15, 0.2) is 5.58 Å². The molecule has 1 aromatic carbocycles. The SMILES string of the molecule is CNC(=O)CCSc1nc2ccc(N)cc2o1. The van der Waals surface area contributed by atoms with E-state index < -0.39 is 0 Å². The minimum absolute atomic E-state index is 0.0119. The molecule has 0 aliphatic heterocycles. The Morgan fingerprint density at radius 1 is 1.59 bits per heavy atom. The summed E-state index contributed by atoms with van der Waals surface area (Å²) in [6.07, 6.45) is 0.446. The van der Waals surface area contributed by atoms with Gasteiger partial charge in [0.05, 0.1) is 0 Å². The van der Waals surface area contributed by atoms with Gasteiger partial charge in [-0.05, 0) is 12.1 Å². The maximum Gasteiger partial charge on any atom is 0.256 e. The van der Waals surface area contributed by atoms with Gasteiger partial charge in [-0.15, -0.1) is 0 Å². The smallest absolute Gasteiger partial charge is 0.256 e. The summed E-state index contributed by atoms with van der Waals surface area (Å²) in [6, 6.07) is 5.34. The van der Waals surface area contributed by atoms with E-state index in [1.165, 1.54) is 11.8 Å². The van der Waals surface area contributed by atoms with Crippen LogP contribution in [0.5, 0.6) is 0 Å². The molecule has 17 heavy (non-hydrogen) atoms. The van der Waals surface area contributed by atoms with Gasteiger partial charge >= 0.3 is 0 Å². The molecular weight excluding hydrogens is 238 g/mol. The van der Waals surface area contributed by atoms with Crippen LogP contribution < -0.4 is 11.1 Å². The number of carbonyl (C=O) groups is 1. The van der Waals surface area contributed by atoms with Gasteiger partial charge in [0.2, 0.25) is 5.91 Å². The molecule has 0 atom stereocenters. The van der Waals surface area contributed by atoms with Gasteiger partial charge in [-0.3, -0.25) is 4.79 Å². The third-order valence-corrected chi connectivity index (χ3v) is 3.06. The standard InChI is InChI=1S/C11H13N3O2S/c1-13-10(15)4-5-17-11-14-8-3-2-7(12)6-9(8)16-11/h2-3,6H,4-5,12H2,1H3,(H,13,15). The Morgan fingerprint density at radius 3 is 3.18 bits per heavy atom. The molecule has 1 aromatic heterocycles. The minimum Gasteiger partial charge on any atom is -0.431 e. The molecule has 2 rings (SSSR count). The Hall–Kier alpha value is -1.69. The lowest BCUT2D eigenvalue weighted by molar-refractivity contribution is -0.120. The number of amides is 1. The van der Waals surface area contributed by atoms with Crippen molar-refractivity contribution < 1.29 is 9.21 Å². The van der Waals surface area contributed by atoms with E-state index in [9.17, 15) is 4.79 Å². The molecule has 1 heterocycles. The molecule has 5 nitrogen and oxygen atoms in total. The molecular formula is C11H13N3O2S. The maximum atomic E-state index is 11.0. The van der Waals surface area contributed by atoms with Crippen LogP contribution in [-0.4, -0.2) is 23.7 Å². The third-order valence-electron chi connectivity index (χ3n) is 2.23. The third kappa shape index (κ3) is 2.91. The Balaban J connectivity index is 2.02. The van der Waals surface area contributed by atoms with Gasteiger partial charge in [-0.25, -0.2) is 4.98 Å². The number of aromatic nitrogens is 1. The number of hydrogen-bond donors (Lipinski definition) is 2. The number of anilines is 1. The number of nitrogens with zero attached hydrogens (tertiary/aromatic N) is 1.